The first-order chi connectivity index (χ1) is 12.6. The van der Waals surface area contributed by atoms with Crippen LogP contribution < -0.4 is 10.6 Å². The van der Waals surface area contributed by atoms with Crippen LogP contribution in [0.2, 0.25) is 0 Å². The fourth-order valence-electron chi connectivity index (χ4n) is 2.45. The maximum absolute atomic E-state index is 11.7. The summed E-state index contributed by atoms with van der Waals surface area (Å²) in [5, 5.41) is 15.0. The van der Waals surface area contributed by atoms with E-state index in [1.54, 1.807) is 4.80 Å². The highest BCUT2D eigenvalue weighted by molar-refractivity contribution is 7.80. The average Bonchev–Trinajstić information content (AvgIpc) is 3.03. The number of halogens is 1. The molecule has 8 heteroatoms. The van der Waals surface area contributed by atoms with Gasteiger partial charge in [-0.3, -0.25) is 4.79 Å². The van der Waals surface area contributed by atoms with Gasteiger partial charge in [0.25, 0.3) is 0 Å². The molecule has 2 aromatic carbocycles. The quantitative estimate of drug-likeness (QED) is 0.517. The summed E-state index contributed by atoms with van der Waals surface area (Å²) >= 11 is 10.8. The number of nitrogens with zero attached hydrogens (tertiary/aromatic N) is 3. The van der Waals surface area contributed by atoms with Gasteiger partial charge in [-0.15, -0.1) is 21.8 Å². The van der Waals surface area contributed by atoms with E-state index in [4.69, 9.17) is 23.8 Å². The first-order valence-electron chi connectivity index (χ1n) is 8.17. The van der Waals surface area contributed by atoms with E-state index >= 15 is 0 Å². The number of carbonyl (C=O) groups is 1. The Bertz CT molecular complexity index is 941. The molecule has 0 aliphatic carbocycles. The molecule has 3 rings (SSSR count). The number of hydrogen-bond donors (Lipinski definition) is 2. The zero-order valence-electron chi connectivity index (χ0n) is 14.2. The number of para-hydroxylation sites is 1. The Kier molecular flexibility index (Phi) is 5.80. The second-order valence-electron chi connectivity index (χ2n) is 5.78. The fourth-order valence-corrected chi connectivity index (χ4v) is 2.81. The molecule has 6 nitrogen and oxygen atoms in total. The number of fused-ring (bicyclic) bond motifs is 1. The van der Waals surface area contributed by atoms with Gasteiger partial charge in [-0.25, -0.2) is 0 Å². The van der Waals surface area contributed by atoms with Gasteiger partial charge >= 0.3 is 0 Å². The van der Waals surface area contributed by atoms with Crippen LogP contribution in [-0.2, 0) is 4.79 Å². The number of aryl methyl sites for hydroxylation is 1. The number of hydrogen-bond acceptors (Lipinski definition) is 4. The maximum Gasteiger partial charge on any atom is 0.226 e. The molecule has 134 valence electrons. The third-order valence-electron chi connectivity index (χ3n) is 3.75. The van der Waals surface area contributed by atoms with Crippen LogP contribution in [0.1, 0.15) is 18.4 Å². The lowest BCUT2D eigenvalue weighted by atomic mass is 10.2. The summed E-state index contributed by atoms with van der Waals surface area (Å²) in [6, 6.07) is 13.5. The average molecular weight is 388 g/mol. The number of alkyl halides is 1. The highest BCUT2D eigenvalue weighted by Crippen LogP contribution is 2.22. The summed E-state index contributed by atoms with van der Waals surface area (Å²) < 4.78 is 0. The molecule has 0 unspecified atom stereocenters. The van der Waals surface area contributed by atoms with Crippen LogP contribution in [0.4, 0.5) is 5.69 Å². The predicted octanol–water partition coefficient (Wildman–Crippen LogP) is 3.56. The van der Waals surface area contributed by atoms with Gasteiger partial charge in [-0.05, 0) is 55.4 Å². The highest BCUT2D eigenvalue weighted by atomic mass is 35.5. The second-order valence-corrected chi connectivity index (χ2v) is 6.56. The summed E-state index contributed by atoms with van der Waals surface area (Å²) in [7, 11) is 0. The van der Waals surface area contributed by atoms with Crippen LogP contribution in [0.25, 0.3) is 16.7 Å². The molecule has 1 aromatic heterocycles. The monoisotopic (exact) mass is 387 g/mol. The molecule has 3 aromatic rings. The van der Waals surface area contributed by atoms with Crippen molar-refractivity contribution in [3.8, 4) is 5.69 Å². The largest absolute Gasteiger partial charge is 0.332 e. The first kappa shape index (κ1) is 18.3. The summed E-state index contributed by atoms with van der Waals surface area (Å²) in [5.74, 6) is 0.289. The van der Waals surface area contributed by atoms with Crippen molar-refractivity contribution in [3.05, 3.63) is 48.0 Å². The topological polar surface area (TPSA) is 71.8 Å². The molecule has 2 N–H and O–H groups in total. The van der Waals surface area contributed by atoms with E-state index < -0.39 is 0 Å². The molecule has 1 amide bonds. The van der Waals surface area contributed by atoms with E-state index in [1.807, 2.05) is 49.4 Å². The fraction of sp³-hybridized carbons (Fsp3) is 0.222. The van der Waals surface area contributed by atoms with E-state index in [2.05, 4.69) is 20.8 Å². The third-order valence-corrected chi connectivity index (χ3v) is 4.22. The van der Waals surface area contributed by atoms with Crippen molar-refractivity contribution in [1.29, 1.82) is 0 Å². The van der Waals surface area contributed by atoms with Gasteiger partial charge < -0.3 is 10.6 Å². The van der Waals surface area contributed by atoms with Crippen molar-refractivity contribution in [1.82, 2.24) is 20.3 Å². The van der Waals surface area contributed by atoms with Crippen molar-refractivity contribution < 1.29 is 4.79 Å². The Morgan fingerprint density at radius 1 is 1.19 bits per heavy atom. The van der Waals surface area contributed by atoms with Gasteiger partial charge in [0, 0.05) is 18.0 Å². The maximum atomic E-state index is 11.7. The van der Waals surface area contributed by atoms with Crippen LogP contribution >= 0.6 is 23.8 Å². The molecule has 26 heavy (non-hydrogen) atoms. The second kappa shape index (κ2) is 8.25. The van der Waals surface area contributed by atoms with Crippen molar-refractivity contribution >= 4 is 51.6 Å². The lowest BCUT2D eigenvalue weighted by Crippen LogP contribution is -2.34. The minimum absolute atomic E-state index is 0.156. The molecule has 0 bridgehead atoms. The standard InChI is InChI=1S/C18H18ClN5OS/c1-12-10-15-16(23-24(22-15)13-6-3-2-4-7-13)11-14(12)20-18(26)21-17(25)8-5-9-19/h2-4,6-7,10-11H,5,8-9H2,1H3,(H2,20,21,25,26). The summed E-state index contributed by atoms with van der Waals surface area (Å²) in [5.41, 5.74) is 4.14. The zero-order chi connectivity index (χ0) is 18.5. The molecule has 0 aliphatic heterocycles. The molecule has 0 radical (unpaired) electrons. The van der Waals surface area contributed by atoms with Crippen molar-refractivity contribution in [2.45, 2.75) is 19.8 Å². The van der Waals surface area contributed by atoms with Crippen molar-refractivity contribution in [3.63, 3.8) is 0 Å². The predicted molar refractivity (Wildman–Crippen MR) is 108 cm³/mol. The number of rotatable bonds is 5. The minimum Gasteiger partial charge on any atom is -0.332 e. The Hall–Kier alpha value is -2.51. The molecule has 0 saturated heterocycles. The number of anilines is 1. The lowest BCUT2D eigenvalue weighted by Gasteiger charge is -2.11. The summed E-state index contributed by atoms with van der Waals surface area (Å²) in [6.07, 6.45) is 0.957. The first-order valence-corrected chi connectivity index (χ1v) is 9.11. The summed E-state index contributed by atoms with van der Waals surface area (Å²) in [4.78, 5) is 13.3. The van der Waals surface area contributed by atoms with E-state index in [0.29, 0.717) is 18.7 Å². The van der Waals surface area contributed by atoms with Gasteiger partial charge in [-0.1, -0.05) is 18.2 Å². The Balaban J connectivity index is 1.78. The molecule has 0 atom stereocenters. The Morgan fingerprint density at radius 3 is 2.58 bits per heavy atom. The van der Waals surface area contributed by atoms with Crippen LogP contribution in [0.15, 0.2) is 42.5 Å². The number of amides is 1. The SMILES string of the molecule is Cc1cc2nn(-c3ccccc3)nc2cc1NC(=S)NC(=O)CCCCl. The molecule has 0 saturated carbocycles. The van der Waals surface area contributed by atoms with Crippen molar-refractivity contribution in [2.75, 3.05) is 11.2 Å². The van der Waals surface area contributed by atoms with Crippen LogP contribution in [0, 0.1) is 6.92 Å². The highest BCUT2D eigenvalue weighted by Gasteiger charge is 2.10. The van der Waals surface area contributed by atoms with Crippen LogP contribution in [0.3, 0.4) is 0 Å². The third kappa shape index (κ3) is 4.36. The van der Waals surface area contributed by atoms with E-state index in [1.165, 1.54) is 0 Å². The van der Waals surface area contributed by atoms with Crippen molar-refractivity contribution in [2.24, 2.45) is 0 Å². The zero-order valence-corrected chi connectivity index (χ0v) is 15.8. The normalized spacial score (nSPS) is 10.7. The lowest BCUT2D eigenvalue weighted by molar-refractivity contribution is -0.119. The molecule has 0 aliphatic rings. The van der Waals surface area contributed by atoms with E-state index in [-0.39, 0.29) is 11.0 Å². The van der Waals surface area contributed by atoms with E-state index in [9.17, 15) is 4.79 Å². The molecule has 0 spiro atoms. The van der Waals surface area contributed by atoms with Gasteiger partial charge in [0.05, 0.1) is 5.69 Å². The molecule has 0 fully saturated rings. The summed E-state index contributed by atoms with van der Waals surface area (Å²) in [6.45, 7) is 1.95. The minimum atomic E-state index is -0.156. The number of aromatic nitrogens is 3. The van der Waals surface area contributed by atoms with Crippen LogP contribution in [-0.4, -0.2) is 31.9 Å². The molecular formula is C18H18ClN5OS. The Labute approximate surface area is 161 Å². The van der Waals surface area contributed by atoms with Gasteiger partial charge in [0.15, 0.2) is 5.11 Å². The number of thiocarbonyl (C=S) groups is 1. The van der Waals surface area contributed by atoms with Crippen LogP contribution in [0.5, 0.6) is 0 Å². The number of nitrogens with one attached hydrogen (secondary N) is 2. The number of benzene rings is 2. The molecule has 1 heterocycles. The molecular weight excluding hydrogens is 370 g/mol. The van der Waals surface area contributed by atoms with E-state index in [0.717, 1.165) is 28.0 Å². The van der Waals surface area contributed by atoms with Gasteiger partial charge in [-0.2, -0.15) is 4.80 Å². The van der Waals surface area contributed by atoms with Gasteiger partial charge in [0.2, 0.25) is 5.91 Å². The number of carbonyl (C=O) groups excluding carboxylic acids is 1. The smallest absolute Gasteiger partial charge is 0.226 e. The Morgan fingerprint density at radius 2 is 1.88 bits per heavy atom. The van der Waals surface area contributed by atoms with Gasteiger partial charge in [0.1, 0.15) is 11.0 Å².